The number of ether oxygens (including phenoxy) is 3. The second kappa shape index (κ2) is 12.2. The number of aromatic nitrogens is 1. The molecular formula is C32H29ClN2O5S. The molecular weight excluding hydrogens is 560 g/mol. The molecule has 7 nitrogen and oxygen atoms in total. The number of rotatable bonds is 8. The van der Waals surface area contributed by atoms with Crippen molar-refractivity contribution in [2.75, 3.05) is 7.11 Å². The molecule has 0 saturated heterocycles. The molecule has 0 N–H and O–H groups in total. The summed E-state index contributed by atoms with van der Waals surface area (Å²) >= 11 is 7.42. The van der Waals surface area contributed by atoms with Crippen LogP contribution in [0.4, 0.5) is 0 Å². The predicted molar refractivity (Wildman–Crippen MR) is 160 cm³/mol. The SMILES string of the molecule is COc1ccc(COc2ccc(/C=c3\sc4n(c3=O)C(c3ccc(Cl)cc3)C(C(=O)OC(C)C)=C(C)N=4)cc2)cc1. The summed E-state index contributed by atoms with van der Waals surface area (Å²) in [6, 6.07) is 21.7. The van der Waals surface area contributed by atoms with Crippen molar-refractivity contribution >= 4 is 35.0 Å². The molecule has 0 fully saturated rings. The maximum absolute atomic E-state index is 13.8. The van der Waals surface area contributed by atoms with Gasteiger partial charge in [-0.05, 0) is 79.9 Å². The molecule has 2 heterocycles. The third-order valence-electron chi connectivity index (χ3n) is 6.51. The molecule has 1 aliphatic rings. The van der Waals surface area contributed by atoms with Gasteiger partial charge in [-0.2, -0.15) is 0 Å². The van der Waals surface area contributed by atoms with Crippen LogP contribution in [0.25, 0.3) is 6.08 Å². The van der Waals surface area contributed by atoms with Crippen LogP contribution in [0.3, 0.4) is 0 Å². The minimum Gasteiger partial charge on any atom is -0.497 e. The standard InChI is InChI=1S/C32H29ClN2O5S/c1-19(2)40-31(37)28-20(3)34-32-35(29(28)23-9-11-24(33)12-10-23)30(36)27(41-32)17-21-5-15-26(16-6-21)39-18-22-7-13-25(38-4)14-8-22/h5-17,19,29H,18H2,1-4H3/b27-17-. The zero-order valence-corrected chi connectivity index (χ0v) is 24.7. The summed E-state index contributed by atoms with van der Waals surface area (Å²) < 4.78 is 18.7. The minimum absolute atomic E-state index is 0.240. The Morgan fingerprint density at radius 1 is 1.02 bits per heavy atom. The summed E-state index contributed by atoms with van der Waals surface area (Å²) in [5, 5.41) is 0.560. The number of hydrogen-bond acceptors (Lipinski definition) is 7. The van der Waals surface area contributed by atoms with Crippen molar-refractivity contribution in [2.45, 2.75) is 39.5 Å². The van der Waals surface area contributed by atoms with Gasteiger partial charge in [-0.25, -0.2) is 9.79 Å². The molecule has 0 bridgehead atoms. The van der Waals surface area contributed by atoms with E-state index in [2.05, 4.69) is 4.99 Å². The topological polar surface area (TPSA) is 79.1 Å². The van der Waals surface area contributed by atoms with Crippen molar-refractivity contribution in [3.05, 3.63) is 125 Å². The van der Waals surface area contributed by atoms with E-state index in [-0.39, 0.29) is 11.7 Å². The highest BCUT2D eigenvalue weighted by atomic mass is 35.5. The van der Waals surface area contributed by atoms with Gasteiger partial charge in [0.15, 0.2) is 4.80 Å². The van der Waals surface area contributed by atoms with E-state index in [4.69, 9.17) is 25.8 Å². The molecule has 4 aromatic rings. The Morgan fingerprint density at radius 2 is 1.68 bits per heavy atom. The van der Waals surface area contributed by atoms with E-state index in [9.17, 15) is 9.59 Å². The zero-order chi connectivity index (χ0) is 29.1. The Balaban J connectivity index is 1.46. The van der Waals surface area contributed by atoms with E-state index in [1.165, 1.54) is 11.3 Å². The first-order valence-electron chi connectivity index (χ1n) is 13.1. The highest BCUT2D eigenvalue weighted by molar-refractivity contribution is 7.07. The molecule has 0 amide bonds. The number of nitrogens with zero attached hydrogens (tertiary/aromatic N) is 2. The average molecular weight is 589 g/mol. The molecule has 5 rings (SSSR count). The van der Waals surface area contributed by atoms with Crippen LogP contribution in [0, 0.1) is 0 Å². The van der Waals surface area contributed by atoms with Gasteiger partial charge in [-0.15, -0.1) is 0 Å². The van der Waals surface area contributed by atoms with E-state index < -0.39 is 12.0 Å². The first kappa shape index (κ1) is 28.4. The normalized spacial score (nSPS) is 15.0. The van der Waals surface area contributed by atoms with Gasteiger partial charge in [-0.3, -0.25) is 9.36 Å². The van der Waals surface area contributed by atoms with Crippen molar-refractivity contribution < 1.29 is 19.0 Å². The second-order valence-corrected chi connectivity index (χ2v) is 11.2. The zero-order valence-electron chi connectivity index (χ0n) is 23.1. The van der Waals surface area contributed by atoms with Crippen molar-refractivity contribution in [2.24, 2.45) is 4.99 Å². The van der Waals surface area contributed by atoms with Crippen LogP contribution in [0.2, 0.25) is 5.02 Å². The number of carbonyl (C=O) groups is 1. The molecule has 9 heteroatoms. The number of carbonyl (C=O) groups excluding carboxylic acids is 1. The van der Waals surface area contributed by atoms with Gasteiger partial charge in [-0.1, -0.05) is 59.3 Å². The lowest BCUT2D eigenvalue weighted by Crippen LogP contribution is -2.40. The van der Waals surface area contributed by atoms with E-state index in [1.54, 1.807) is 44.6 Å². The summed E-state index contributed by atoms with van der Waals surface area (Å²) in [5.41, 5.74) is 3.21. The fourth-order valence-electron chi connectivity index (χ4n) is 4.52. The van der Waals surface area contributed by atoms with Gasteiger partial charge < -0.3 is 14.2 Å². The molecule has 0 saturated carbocycles. The number of fused-ring (bicyclic) bond motifs is 1. The van der Waals surface area contributed by atoms with Gasteiger partial charge in [0.25, 0.3) is 5.56 Å². The maximum atomic E-state index is 13.8. The van der Waals surface area contributed by atoms with Crippen LogP contribution >= 0.6 is 22.9 Å². The number of thiazole rings is 1. The second-order valence-electron chi connectivity index (χ2n) is 9.79. The molecule has 0 spiro atoms. The first-order valence-corrected chi connectivity index (χ1v) is 14.3. The van der Waals surface area contributed by atoms with Crippen LogP contribution in [-0.2, 0) is 16.1 Å². The Hall–Kier alpha value is -4.14. The van der Waals surface area contributed by atoms with Gasteiger partial charge in [0.05, 0.1) is 35.1 Å². The monoisotopic (exact) mass is 588 g/mol. The van der Waals surface area contributed by atoms with Crippen molar-refractivity contribution in [3.8, 4) is 11.5 Å². The average Bonchev–Trinajstić information content (AvgIpc) is 3.26. The molecule has 1 aromatic heterocycles. The van der Waals surface area contributed by atoms with E-state index in [0.717, 1.165) is 22.4 Å². The van der Waals surface area contributed by atoms with Crippen LogP contribution < -0.4 is 24.4 Å². The van der Waals surface area contributed by atoms with Crippen molar-refractivity contribution in [3.63, 3.8) is 0 Å². The molecule has 1 aliphatic heterocycles. The highest BCUT2D eigenvalue weighted by Crippen LogP contribution is 2.31. The summed E-state index contributed by atoms with van der Waals surface area (Å²) in [4.78, 5) is 32.1. The first-order chi connectivity index (χ1) is 19.7. The van der Waals surface area contributed by atoms with E-state index >= 15 is 0 Å². The third kappa shape index (κ3) is 6.29. The Bertz CT molecular complexity index is 1770. The van der Waals surface area contributed by atoms with E-state index in [0.29, 0.717) is 38.0 Å². The summed E-state index contributed by atoms with van der Waals surface area (Å²) in [6.45, 7) is 5.76. The minimum atomic E-state index is -0.689. The van der Waals surface area contributed by atoms with E-state index in [1.807, 2.05) is 66.7 Å². The van der Waals surface area contributed by atoms with Gasteiger partial charge in [0, 0.05) is 5.02 Å². The molecule has 0 radical (unpaired) electrons. The number of esters is 1. The Labute approximate surface area is 246 Å². The summed E-state index contributed by atoms with van der Waals surface area (Å²) in [7, 11) is 1.63. The highest BCUT2D eigenvalue weighted by Gasteiger charge is 2.33. The van der Waals surface area contributed by atoms with Gasteiger partial charge in [0.1, 0.15) is 18.1 Å². The van der Waals surface area contributed by atoms with Gasteiger partial charge >= 0.3 is 5.97 Å². The fraction of sp³-hybridized carbons (Fsp3) is 0.219. The Kier molecular flexibility index (Phi) is 8.42. The van der Waals surface area contributed by atoms with Gasteiger partial charge in [0.2, 0.25) is 0 Å². The number of halogens is 1. The molecule has 210 valence electrons. The predicted octanol–water partition coefficient (Wildman–Crippen LogP) is 5.43. The molecule has 1 unspecified atom stereocenters. The largest absolute Gasteiger partial charge is 0.497 e. The lowest BCUT2D eigenvalue weighted by Gasteiger charge is -2.25. The lowest BCUT2D eigenvalue weighted by molar-refractivity contribution is -0.143. The summed E-state index contributed by atoms with van der Waals surface area (Å²) in [6.07, 6.45) is 1.50. The van der Waals surface area contributed by atoms with Crippen molar-refractivity contribution in [1.82, 2.24) is 4.57 Å². The molecule has 41 heavy (non-hydrogen) atoms. The van der Waals surface area contributed by atoms with Crippen LogP contribution in [0.5, 0.6) is 11.5 Å². The molecule has 3 aromatic carbocycles. The van der Waals surface area contributed by atoms with Crippen LogP contribution in [-0.4, -0.2) is 23.8 Å². The van der Waals surface area contributed by atoms with Crippen LogP contribution in [0.15, 0.2) is 93.9 Å². The maximum Gasteiger partial charge on any atom is 0.338 e. The smallest absolute Gasteiger partial charge is 0.338 e. The van der Waals surface area contributed by atoms with Crippen LogP contribution in [0.1, 0.15) is 43.5 Å². The third-order valence-corrected chi connectivity index (χ3v) is 7.75. The number of benzene rings is 3. The lowest BCUT2D eigenvalue weighted by atomic mass is 9.96. The fourth-order valence-corrected chi connectivity index (χ4v) is 5.69. The number of hydrogen-bond donors (Lipinski definition) is 0. The Morgan fingerprint density at radius 3 is 2.32 bits per heavy atom. The number of methoxy groups -OCH3 is 1. The molecule has 0 aliphatic carbocycles. The van der Waals surface area contributed by atoms with Crippen molar-refractivity contribution in [1.29, 1.82) is 0 Å². The summed E-state index contributed by atoms with van der Waals surface area (Å²) in [5.74, 6) is 1.01. The number of allylic oxidation sites excluding steroid dienone is 1. The quantitative estimate of drug-likeness (QED) is 0.257. The molecule has 1 atom stereocenters.